The summed E-state index contributed by atoms with van der Waals surface area (Å²) >= 11 is 0. The molecule has 0 spiro atoms. The molecule has 1 aliphatic rings. The van der Waals surface area contributed by atoms with Crippen LogP contribution in [0.2, 0.25) is 0 Å². The standard InChI is InChI=1S/C22H16N2O5/c1-29-22(28)14-8-10-15(11-9-14)23-18(25)12-24-20(26)16-6-2-4-13-5-3-7-17(19(13)16)21(24)27/h2-11H,12H2,1H3,(H,23,25). The van der Waals surface area contributed by atoms with Crippen LogP contribution in [0.3, 0.4) is 0 Å². The van der Waals surface area contributed by atoms with Gasteiger partial charge in [0, 0.05) is 22.2 Å². The monoisotopic (exact) mass is 388 g/mol. The number of amides is 3. The highest BCUT2D eigenvalue weighted by Crippen LogP contribution is 2.29. The average Bonchev–Trinajstić information content (AvgIpc) is 2.74. The Bertz CT molecular complexity index is 1120. The summed E-state index contributed by atoms with van der Waals surface area (Å²) in [7, 11) is 1.28. The molecular weight excluding hydrogens is 372 g/mol. The van der Waals surface area contributed by atoms with E-state index in [0.29, 0.717) is 27.8 Å². The number of carbonyl (C=O) groups is 4. The molecule has 4 rings (SSSR count). The van der Waals surface area contributed by atoms with E-state index in [2.05, 4.69) is 10.1 Å². The molecule has 0 fully saturated rings. The lowest BCUT2D eigenvalue weighted by Gasteiger charge is -2.26. The molecule has 0 aromatic heterocycles. The molecule has 0 unspecified atom stereocenters. The zero-order chi connectivity index (χ0) is 20.5. The van der Waals surface area contributed by atoms with Gasteiger partial charge in [0.25, 0.3) is 11.8 Å². The molecule has 3 aromatic carbocycles. The molecule has 1 heterocycles. The third-order valence-electron chi connectivity index (χ3n) is 4.75. The smallest absolute Gasteiger partial charge is 0.337 e. The fraction of sp³-hybridized carbons (Fsp3) is 0.0909. The third-order valence-corrected chi connectivity index (χ3v) is 4.75. The van der Waals surface area contributed by atoms with E-state index in [1.165, 1.54) is 19.2 Å². The molecule has 1 aliphatic heterocycles. The first-order valence-corrected chi connectivity index (χ1v) is 8.86. The highest BCUT2D eigenvalue weighted by Gasteiger charge is 2.33. The van der Waals surface area contributed by atoms with Gasteiger partial charge in [-0.15, -0.1) is 0 Å². The van der Waals surface area contributed by atoms with Gasteiger partial charge in [0.2, 0.25) is 5.91 Å². The van der Waals surface area contributed by atoms with Gasteiger partial charge in [-0.25, -0.2) is 4.79 Å². The fourth-order valence-electron chi connectivity index (χ4n) is 3.38. The molecule has 0 radical (unpaired) electrons. The minimum atomic E-state index is -0.524. The van der Waals surface area contributed by atoms with Gasteiger partial charge in [-0.1, -0.05) is 24.3 Å². The first kappa shape index (κ1) is 18.4. The summed E-state index contributed by atoms with van der Waals surface area (Å²) in [4.78, 5) is 50.5. The van der Waals surface area contributed by atoms with E-state index in [0.717, 1.165) is 10.3 Å². The molecule has 144 valence electrons. The summed E-state index contributed by atoms with van der Waals surface area (Å²) < 4.78 is 4.63. The molecule has 7 nitrogen and oxygen atoms in total. The first-order chi connectivity index (χ1) is 14.0. The lowest BCUT2D eigenvalue weighted by atomic mass is 9.94. The molecule has 0 aliphatic carbocycles. The minimum absolute atomic E-state index is 0.344. The Morgan fingerprint density at radius 1 is 0.897 bits per heavy atom. The van der Waals surface area contributed by atoms with Gasteiger partial charge in [-0.05, 0) is 41.8 Å². The number of esters is 1. The van der Waals surface area contributed by atoms with Crippen LogP contribution in [0.5, 0.6) is 0 Å². The zero-order valence-electron chi connectivity index (χ0n) is 15.5. The lowest BCUT2D eigenvalue weighted by molar-refractivity contribution is -0.116. The van der Waals surface area contributed by atoms with Crippen molar-refractivity contribution in [3.05, 3.63) is 77.4 Å². The number of hydrogen-bond donors (Lipinski definition) is 1. The molecular formula is C22H16N2O5. The third kappa shape index (κ3) is 3.23. The second-order valence-corrected chi connectivity index (χ2v) is 6.52. The second-order valence-electron chi connectivity index (χ2n) is 6.52. The van der Waals surface area contributed by atoms with Crippen molar-refractivity contribution in [3.8, 4) is 0 Å². The van der Waals surface area contributed by atoms with E-state index in [1.807, 2.05) is 12.1 Å². The number of nitrogens with zero attached hydrogens (tertiary/aromatic N) is 1. The molecule has 0 bridgehead atoms. The Labute approximate surface area is 165 Å². The normalized spacial score (nSPS) is 12.8. The van der Waals surface area contributed by atoms with Gasteiger partial charge < -0.3 is 10.1 Å². The van der Waals surface area contributed by atoms with E-state index >= 15 is 0 Å². The lowest BCUT2D eigenvalue weighted by Crippen LogP contribution is -2.44. The summed E-state index contributed by atoms with van der Waals surface area (Å²) in [6.07, 6.45) is 0. The van der Waals surface area contributed by atoms with Crippen LogP contribution in [0.4, 0.5) is 5.69 Å². The van der Waals surface area contributed by atoms with Crippen molar-refractivity contribution in [2.45, 2.75) is 0 Å². The van der Waals surface area contributed by atoms with Crippen LogP contribution in [0, 0.1) is 0 Å². The Morgan fingerprint density at radius 3 is 2.03 bits per heavy atom. The molecule has 7 heteroatoms. The quantitative estimate of drug-likeness (QED) is 0.548. The van der Waals surface area contributed by atoms with Crippen LogP contribution in [0.25, 0.3) is 10.8 Å². The number of carbonyl (C=O) groups excluding carboxylic acids is 4. The number of rotatable bonds is 4. The summed E-state index contributed by atoms with van der Waals surface area (Å²) in [5.74, 6) is -2.02. The number of anilines is 1. The molecule has 0 saturated heterocycles. The number of imide groups is 1. The number of ether oxygens (including phenoxy) is 1. The van der Waals surface area contributed by atoms with Crippen molar-refractivity contribution >= 4 is 40.2 Å². The van der Waals surface area contributed by atoms with Crippen LogP contribution in [-0.2, 0) is 9.53 Å². The van der Waals surface area contributed by atoms with Crippen molar-refractivity contribution in [2.24, 2.45) is 0 Å². The number of hydrogen-bond acceptors (Lipinski definition) is 5. The maximum Gasteiger partial charge on any atom is 0.337 e. The first-order valence-electron chi connectivity index (χ1n) is 8.86. The SMILES string of the molecule is COC(=O)c1ccc(NC(=O)CN2C(=O)c3cccc4cccc(c34)C2=O)cc1. The Hall–Kier alpha value is -4.00. The number of benzene rings is 3. The van der Waals surface area contributed by atoms with Gasteiger partial charge >= 0.3 is 5.97 Å². The van der Waals surface area contributed by atoms with Crippen LogP contribution >= 0.6 is 0 Å². The Morgan fingerprint density at radius 2 is 1.48 bits per heavy atom. The van der Waals surface area contributed by atoms with Gasteiger partial charge in [0.05, 0.1) is 12.7 Å². The van der Waals surface area contributed by atoms with Crippen molar-refractivity contribution in [1.82, 2.24) is 4.90 Å². The maximum absolute atomic E-state index is 12.8. The van der Waals surface area contributed by atoms with Crippen LogP contribution in [-0.4, -0.2) is 42.2 Å². The van der Waals surface area contributed by atoms with E-state index in [9.17, 15) is 19.2 Å². The van der Waals surface area contributed by atoms with Gasteiger partial charge in [-0.2, -0.15) is 0 Å². The second kappa shape index (κ2) is 7.20. The maximum atomic E-state index is 12.8. The van der Waals surface area contributed by atoms with Gasteiger partial charge in [0.15, 0.2) is 0 Å². The van der Waals surface area contributed by atoms with E-state index < -0.39 is 30.2 Å². The molecule has 3 aromatic rings. The van der Waals surface area contributed by atoms with Crippen LogP contribution in [0.15, 0.2) is 60.7 Å². The molecule has 0 atom stereocenters. The number of nitrogens with one attached hydrogen (secondary N) is 1. The molecule has 3 amide bonds. The van der Waals surface area contributed by atoms with Crippen molar-refractivity contribution in [2.75, 3.05) is 19.0 Å². The molecule has 1 N–H and O–H groups in total. The van der Waals surface area contributed by atoms with Crippen LogP contribution < -0.4 is 5.32 Å². The summed E-state index contributed by atoms with van der Waals surface area (Å²) in [5.41, 5.74) is 1.57. The number of methoxy groups -OCH3 is 1. The average molecular weight is 388 g/mol. The van der Waals surface area contributed by atoms with Gasteiger partial charge in [-0.3, -0.25) is 19.3 Å². The highest BCUT2D eigenvalue weighted by molar-refractivity contribution is 6.26. The van der Waals surface area contributed by atoms with Crippen molar-refractivity contribution in [1.29, 1.82) is 0 Å². The predicted molar refractivity (Wildman–Crippen MR) is 106 cm³/mol. The summed E-state index contributed by atoms with van der Waals surface area (Å²) in [6, 6.07) is 16.6. The van der Waals surface area contributed by atoms with Crippen molar-refractivity contribution < 1.29 is 23.9 Å². The molecule has 0 saturated carbocycles. The highest BCUT2D eigenvalue weighted by atomic mass is 16.5. The van der Waals surface area contributed by atoms with Crippen molar-refractivity contribution in [3.63, 3.8) is 0 Å². The zero-order valence-corrected chi connectivity index (χ0v) is 15.5. The fourth-order valence-corrected chi connectivity index (χ4v) is 3.38. The summed E-state index contributed by atoms with van der Waals surface area (Å²) in [6.45, 7) is -0.416. The van der Waals surface area contributed by atoms with Gasteiger partial charge in [0.1, 0.15) is 6.54 Å². The van der Waals surface area contributed by atoms with E-state index in [-0.39, 0.29) is 0 Å². The Kier molecular flexibility index (Phi) is 4.56. The molecule has 29 heavy (non-hydrogen) atoms. The largest absolute Gasteiger partial charge is 0.465 e. The van der Waals surface area contributed by atoms with Crippen LogP contribution in [0.1, 0.15) is 31.1 Å². The minimum Gasteiger partial charge on any atom is -0.465 e. The van der Waals surface area contributed by atoms with E-state index in [4.69, 9.17) is 0 Å². The topological polar surface area (TPSA) is 92.8 Å². The Balaban J connectivity index is 1.54. The summed E-state index contributed by atoms with van der Waals surface area (Å²) in [5, 5.41) is 4.04. The van der Waals surface area contributed by atoms with E-state index in [1.54, 1.807) is 36.4 Å². The predicted octanol–water partition coefficient (Wildman–Crippen LogP) is 2.86.